The number of benzene rings is 1. The quantitative estimate of drug-likeness (QED) is 0.916. The van der Waals surface area contributed by atoms with Crippen LogP contribution in [0.4, 0.5) is 4.39 Å². The zero-order valence-electron chi connectivity index (χ0n) is 13.5. The van der Waals surface area contributed by atoms with Gasteiger partial charge in [0.15, 0.2) is 6.54 Å². The van der Waals surface area contributed by atoms with Gasteiger partial charge >= 0.3 is 0 Å². The number of quaternary nitrogens is 1. The van der Waals surface area contributed by atoms with Gasteiger partial charge in [-0.15, -0.1) is 11.3 Å². The van der Waals surface area contributed by atoms with E-state index in [1.54, 1.807) is 23.5 Å². The van der Waals surface area contributed by atoms with Gasteiger partial charge in [-0.05, 0) is 55.0 Å². The molecule has 1 aromatic carbocycles. The molecule has 1 aromatic heterocycles. The van der Waals surface area contributed by atoms with E-state index in [0.717, 1.165) is 18.5 Å². The molecule has 2 heterocycles. The highest BCUT2D eigenvalue weighted by Crippen LogP contribution is 2.37. The van der Waals surface area contributed by atoms with Crippen molar-refractivity contribution in [3.05, 3.63) is 57.5 Å². The van der Waals surface area contributed by atoms with E-state index >= 15 is 0 Å². The summed E-state index contributed by atoms with van der Waals surface area (Å²) < 4.78 is 13.3. The molecule has 1 aliphatic heterocycles. The molecule has 2 N–H and O–H groups in total. The van der Waals surface area contributed by atoms with Crippen molar-refractivity contribution in [1.29, 1.82) is 0 Å². The number of halogens is 1. The molecule has 5 heteroatoms. The minimum absolute atomic E-state index is 0.0985. The van der Waals surface area contributed by atoms with Gasteiger partial charge in [0.25, 0.3) is 5.91 Å². The normalized spacial score (nSPS) is 17.4. The molecule has 23 heavy (non-hydrogen) atoms. The summed E-state index contributed by atoms with van der Waals surface area (Å²) in [5, 5.41) is 4.13. The van der Waals surface area contributed by atoms with Crippen LogP contribution in [-0.4, -0.2) is 29.9 Å². The average molecular weight is 333 g/mol. The Kier molecular flexibility index (Phi) is 4.78. The Morgan fingerprint density at radius 3 is 2.78 bits per heavy atom. The van der Waals surface area contributed by atoms with Gasteiger partial charge in [0, 0.05) is 11.4 Å². The summed E-state index contributed by atoms with van der Waals surface area (Å²) in [6.07, 6.45) is 0.901. The van der Waals surface area contributed by atoms with Crippen LogP contribution >= 0.6 is 11.3 Å². The number of amides is 1. The van der Waals surface area contributed by atoms with E-state index in [4.69, 9.17) is 0 Å². The van der Waals surface area contributed by atoms with Crippen LogP contribution in [0.1, 0.15) is 35.9 Å². The number of hydrogen-bond acceptors (Lipinski definition) is 2. The van der Waals surface area contributed by atoms with Crippen molar-refractivity contribution in [3.63, 3.8) is 0 Å². The number of hydrogen-bond donors (Lipinski definition) is 1. The van der Waals surface area contributed by atoms with Gasteiger partial charge in [-0.1, -0.05) is 12.1 Å². The van der Waals surface area contributed by atoms with Crippen molar-refractivity contribution < 1.29 is 14.5 Å². The Balaban J connectivity index is 1.92. The zero-order chi connectivity index (χ0) is 16.4. The minimum Gasteiger partial charge on any atom is -0.336 e. The standard InChI is InChI=1S/C18H21FN2OS/c1-12(2)20-11-17(22)21-9-7-16-15(8-10-23-16)18(21)13-3-5-14(19)6-4-13/h3-6,8,10,12,18,20H,7,9,11H2,1-2H3/p+1/t18-/m1/s1. The third-order valence-electron chi connectivity index (χ3n) is 4.24. The van der Waals surface area contributed by atoms with Crippen molar-refractivity contribution >= 4 is 17.2 Å². The fourth-order valence-electron chi connectivity index (χ4n) is 3.04. The first-order valence-corrected chi connectivity index (χ1v) is 8.88. The zero-order valence-corrected chi connectivity index (χ0v) is 14.3. The molecule has 0 radical (unpaired) electrons. The van der Waals surface area contributed by atoms with E-state index in [2.05, 4.69) is 25.3 Å². The summed E-state index contributed by atoms with van der Waals surface area (Å²) in [4.78, 5) is 16.0. The maximum atomic E-state index is 13.3. The molecule has 0 spiro atoms. The van der Waals surface area contributed by atoms with Crippen LogP contribution in [0.3, 0.4) is 0 Å². The monoisotopic (exact) mass is 333 g/mol. The van der Waals surface area contributed by atoms with E-state index < -0.39 is 0 Å². The first-order chi connectivity index (χ1) is 11.1. The van der Waals surface area contributed by atoms with Gasteiger partial charge in [-0.3, -0.25) is 4.79 Å². The highest BCUT2D eigenvalue weighted by molar-refractivity contribution is 7.10. The lowest BCUT2D eigenvalue weighted by molar-refractivity contribution is -0.673. The summed E-state index contributed by atoms with van der Waals surface area (Å²) in [5.41, 5.74) is 2.16. The minimum atomic E-state index is -0.249. The summed E-state index contributed by atoms with van der Waals surface area (Å²) in [6, 6.07) is 8.92. The van der Waals surface area contributed by atoms with Crippen LogP contribution in [0.25, 0.3) is 0 Å². The number of rotatable bonds is 4. The van der Waals surface area contributed by atoms with Gasteiger partial charge in [-0.2, -0.15) is 0 Å². The predicted molar refractivity (Wildman–Crippen MR) is 89.9 cm³/mol. The number of fused-ring (bicyclic) bond motifs is 1. The lowest BCUT2D eigenvalue weighted by Crippen LogP contribution is -2.90. The van der Waals surface area contributed by atoms with Crippen molar-refractivity contribution in [1.82, 2.24) is 4.90 Å². The van der Waals surface area contributed by atoms with Crippen molar-refractivity contribution in [2.24, 2.45) is 0 Å². The Morgan fingerprint density at radius 2 is 2.09 bits per heavy atom. The van der Waals surface area contributed by atoms with Crippen LogP contribution < -0.4 is 5.32 Å². The topological polar surface area (TPSA) is 36.9 Å². The maximum Gasteiger partial charge on any atom is 0.278 e. The number of nitrogens with two attached hydrogens (primary N) is 1. The molecule has 1 aliphatic rings. The molecule has 0 fully saturated rings. The molecule has 0 unspecified atom stereocenters. The van der Waals surface area contributed by atoms with Crippen molar-refractivity contribution in [2.45, 2.75) is 32.4 Å². The van der Waals surface area contributed by atoms with Crippen LogP contribution in [0.5, 0.6) is 0 Å². The lowest BCUT2D eigenvalue weighted by atomic mass is 9.93. The van der Waals surface area contributed by atoms with Crippen LogP contribution in [-0.2, 0) is 11.2 Å². The third kappa shape index (κ3) is 3.46. The number of thiophene rings is 1. The molecule has 2 aromatic rings. The third-order valence-corrected chi connectivity index (χ3v) is 5.23. The number of carbonyl (C=O) groups is 1. The summed E-state index contributed by atoms with van der Waals surface area (Å²) >= 11 is 1.74. The van der Waals surface area contributed by atoms with E-state index in [1.807, 2.05) is 10.2 Å². The van der Waals surface area contributed by atoms with E-state index in [9.17, 15) is 9.18 Å². The molecular formula is C18H22FN2OS+. The van der Waals surface area contributed by atoms with Crippen LogP contribution in [0.2, 0.25) is 0 Å². The predicted octanol–water partition coefficient (Wildman–Crippen LogP) is 2.33. The Morgan fingerprint density at radius 1 is 1.35 bits per heavy atom. The number of nitrogens with zero attached hydrogens (tertiary/aromatic N) is 1. The van der Waals surface area contributed by atoms with Crippen LogP contribution in [0, 0.1) is 5.82 Å². The number of carbonyl (C=O) groups excluding carboxylic acids is 1. The van der Waals surface area contributed by atoms with Crippen LogP contribution in [0.15, 0.2) is 35.7 Å². The molecule has 1 atom stereocenters. The summed E-state index contributed by atoms with van der Waals surface area (Å²) in [6.45, 7) is 5.34. The summed E-state index contributed by atoms with van der Waals surface area (Å²) in [7, 11) is 0. The Bertz CT molecular complexity index is 681. The Labute approximate surface area is 140 Å². The molecule has 1 amide bonds. The molecule has 0 bridgehead atoms. The molecule has 0 saturated heterocycles. The second-order valence-corrected chi connectivity index (χ2v) is 7.27. The summed E-state index contributed by atoms with van der Waals surface area (Å²) in [5.74, 6) is -0.106. The fraction of sp³-hybridized carbons (Fsp3) is 0.389. The first kappa shape index (κ1) is 16.1. The molecule has 3 nitrogen and oxygen atoms in total. The SMILES string of the molecule is CC(C)[NH2+]CC(=O)N1CCc2sccc2[C@H]1c1ccc(F)cc1. The van der Waals surface area contributed by atoms with E-state index in [0.29, 0.717) is 12.6 Å². The maximum absolute atomic E-state index is 13.3. The average Bonchev–Trinajstić information content (AvgIpc) is 3.01. The largest absolute Gasteiger partial charge is 0.336 e. The van der Waals surface area contributed by atoms with Gasteiger partial charge in [0.1, 0.15) is 5.82 Å². The van der Waals surface area contributed by atoms with Gasteiger partial charge < -0.3 is 10.2 Å². The van der Waals surface area contributed by atoms with E-state index in [1.165, 1.54) is 22.6 Å². The van der Waals surface area contributed by atoms with Gasteiger partial charge in [-0.25, -0.2) is 4.39 Å². The van der Waals surface area contributed by atoms with Gasteiger partial charge in [0.2, 0.25) is 0 Å². The molecule has 0 aliphatic carbocycles. The van der Waals surface area contributed by atoms with Gasteiger partial charge in [0.05, 0.1) is 12.1 Å². The molecular weight excluding hydrogens is 311 g/mol. The molecule has 122 valence electrons. The van der Waals surface area contributed by atoms with Crippen molar-refractivity contribution in [3.8, 4) is 0 Å². The van der Waals surface area contributed by atoms with Crippen molar-refractivity contribution in [2.75, 3.05) is 13.1 Å². The highest BCUT2D eigenvalue weighted by atomic mass is 32.1. The lowest BCUT2D eigenvalue weighted by Gasteiger charge is -2.36. The first-order valence-electron chi connectivity index (χ1n) is 8.01. The molecule has 3 rings (SSSR count). The van der Waals surface area contributed by atoms with E-state index in [-0.39, 0.29) is 17.8 Å². The highest BCUT2D eigenvalue weighted by Gasteiger charge is 2.33. The smallest absolute Gasteiger partial charge is 0.278 e. The fourth-order valence-corrected chi connectivity index (χ4v) is 3.95. The second-order valence-electron chi connectivity index (χ2n) is 6.27. The molecule has 0 saturated carbocycles. The second kappa shape index (κ2) is 6.81. The Hall–Kier alpha value is -1.72.